The Morgan fingerprint density at radius 1 is 1.02 bits per heavy atom. The molecule has 1 fully saturated rings. The van der Waals surface area contributed by atoms with Crippen LogP contribution >= 0.6 is 22.9 Å². The number of nitrogens with one attached hydrogen (secondary N) is 1. The molecule has 5 heterocycles. The van der Waals surface area contributed by atoms with E-state index in [4.69, 9.17) is 25.8 Å². The Morgan fingerprint density at radius 3 is 2.70 bits per heavy atom. The topological polar surface area (TPSA) is 99.8 Å². The van der Waals surface area contributed by atoms with Gasteiger partial charge in [-0.2, -0.15) is 9.78 Å². The van der Waals surface area contributed by atoms with E-state index in [0.717, 1.165) is 24.5 Å². The molecule has 0 unspecified atom stereocenters. The standard InChI is InChI=1S/C28H28ClN5O5S/c29-24-7-6-19(40-24)18-30-25-17-22(20-4-2-8-33(27(20)35)10-9-32-11-13-37-14-12-32)31-34(25)28(36)21-3-1-5-23-26(21)39-16-15-38-23/h1-8,17,30H,9-16,18H2. The van der Waals surface area contributed by atoms with E-state index < -0.39 is 5.91 Å². The van der Waals surface area contributed by atoms with Crippen LogP contribution in [0.3, 0.4) is 0 Å². The summed E-state index contributed by atoms with van der Waals surface area (Å²) in [7, 11) is 0. The first kappa shape index (κ1) is 26.6. The van der Waals surface area contributed by atoms with Crippen molar-refractivity contribution in [2.24, 2.45) is 0 Å². The predicted octanol–water partition coefficient (Wildman–Crippen LogP) is 3.83. The molecule has 0 radical (unpaired) electrons. The normalized spacial score (nSPS) is 15.2. The summed E-state index contributed by atoms with van der Waals surface area (Å²) in [6, 6.07) is 14.2. The number of thiophene rings is 1. The average molecular weight is 582 g/mol. The fourth-order valence-corrected chi connectivity index (χ4v) is 5.78. The summed E-state index contributed by atoms with van der Waals surface area (Å²) in [4.78, 5) is 30.6. The highest BCUT2D eigenvalue weighted by Gasteiger charge is 2.25. The number of anilines is 1. The molecule has 40 heavy (non-hydrogen) atoms. The maximum atomic E-state index is 13.8. The number of morpholine rings is 1. The third-order valence-electron chi connectivity index (χ3n) is 6.83. The summed E-state index contributed by atoms with van der Waals surface area (Å²) in [5.41, 5.74) is 0.962. The zero-order valence-corrected chi connectivity index (χ0v) is 23.2. The summed E-state index contributed by atoms with van der Waals surface area (Å²) in [5.74, 6) is 0.946. The Kier molecular flexibility index (Phi) is 7.87. The van der Waals surface area contributed by atoms with E-state index in [1.807, 2.05) is 18.2 Å². The lowest BCUT2D eigenvalue weighted by Gasteiger charge is -2.26. The number of hydrogen-bond donors (Lipinski definition) is 1. The molecule has 4 aromatic rings. The lowest BCUT2D eigenvalue weighted by molar-refractivity contribution is 0.0363. The van der Waals surface area contributed by atoms with Gasteiger partial charge in [-0.3, -0.25) is 14.5 Å². The van der Waals surface area contributed by atoms with Gasteiger partial charge in [0.2, 0.25) is 0 Å². The number of para-hydroxylation sites is 1. The minimum atomic E-state index is -0.399. The maximum absolute atomic E-state index is 13.8. The molecule has 0 spiro atoms. The van der Waals surface area contributed by atoms with Crippen molar-refractivity contribution >= 4 is 34.7 Å². The SMILES string of the molecule is O=C(c1cccc2c1OCCO2)n1nc(-c2cccn(CCN3CCOCC3)c2=O)cc1NCc1ccc(Cl)s1. The van der Waals surface area contributed by atoms with Crippen molar-refractivity contribution in [1.29, 1.82) is 0 Å². The van der Waals surface area contributed by atoms with Gasteiger partial charge in [0.25, 0.3) is 11.5 Å². The zero-order chi connectivity index (χ0) is 27.5. The van der Waals surface area contributed by atoms with Crippen molar-refractivity contribution in [3.8, 4) is 22.8 Å². The summed E-state index contributed by atoms with van der Waals surface area (Å²) >= 11 is 7.56. The second kappa shape index (κ2) is 11.8. The van der Waals surface area contributed by atoms with Crippen LogP contribution in [0, 0.1) is 0 Å². The van der Waals surface area contributed by atoms with Crippen molar-refractivity contribution < 1.29 is 19.0 Å². The number of aromatic nitrogens is 3. The number of benzene rings is 1. The van der Waals surface area contributed by atoms with Crippen molar-refractivity contribution in [3.63, 3.8) is 0 Å². The van der Waals surface area contributed by atoms with Crippen LogP contribution in [0.1, 0.15) is 15.2 Å². The van der Waals surface area contributed by atoms with Gasteiger partial charge in [0, 0.05) is 43.3 Å². The van der Waals surface area contributed by atoms with Crippen LogP contribution in [0.25, 0.3) is 11.3 Å². The number of halogens is 1. The Balaban J connectivity index is 1.33. The van der Waals surface area contributed by atoms with E-state index in [-0.39, 0.29) is 5.56 Å². The lowest BCUT2D eigenvalue weighted by atomic mass is 10.1. The van der Waals surface area contributed by atoms with E-state index in [1.165, 1.54) is 16.0 Å². The molecule has 10 nitrogen and oxygen atoms in total. The monoisotopic (exact) mass is 581 g/mol. The third kappa shape index (κ3) is 5.64. The number of rotatable bonds is 8. The van der Waals surface area contributed by atoms with Gasteiger partial charge in [0.1, 0.15) is 24.7 Å². The molecule has 2 aliphatic heterocycles. The van der Waals surface area contributed by atoms with Gasteiger partial charge in [0.05, 0.1) is 35.2 Å². The summed E-state index contributed by atoms with van der Waals surface area (Å²) in [6.07, 6.45) is 1.78. The lowest BCUT2D eigenvalue weighted by Crippen LogP contribution is -2.39. The molecule has 1 N–H and O–H groups in total. The van der Waals surface area contributed by atoms with E-state index in [9.17, 15) is 9.59 Å². The van der Waals surface area contributed by atoms with Crippen LogP contribution in [0.15, 0.2) is 59.5 Å². The number of carbonyl (C=O) groups excluding carboxylic acids is 1. The quantitative estimate of drug-likeness (QED) is 0.335. The van der Waals surface area contributed by atoms with E-state index >= 15 is 0 Å². The number of pyridine rings is 1. The van der Waals surface area contributed by atoms with Gasteiger partial charge >= 0.3 is 0 Å². The summed E-state index contributed by atoms with van der Waals surface area (Å²) in [6.45, 7) is 5.60. The van der Waals surface area contributed by atoms with Gasteiger partial charge in [-0.1, -0.05) is 17.7 Å². The van der Waals surface area contributed by atoms with E-state index in [2.05, 4.69) is 15.3 Å². The van der Waals surface area contributed by atoms with Gasteiger partial charge in [-0.05, 0) is 36.4 Å². The molecule has 2 aliphatic rings. The highest BCUT2D eigenvalue weighted by atomic mass is 35.5. The summed E-state index contributed by atoms with van der Waals surface area (Å²) < 4.78 is 20.5. The third-order valence-corrected chi connectivity index (χ3v) is 8.06. The van der Waals surface area contributed by atoms with Crippen molar-refractivity contribution in [2.45, 2.75) is 13.1 Å². The van der Waals surface area contributed by atoms with Gasteiger partial charge in [-0.15, -0.1) is 11.3 Å². The molecule has 1 aromatic carbocycles. The Hall–Kier alpha value is -3.64. The minimum Gasteiger partial charge on any atom is -0.486 e. The molecule has 0 saturated carbocycles. The van der Waals surface area contributed by atoms with Crippen LogP contribution < -0.4 is 20.3 Å². The minimum absolute atomic E-state index is 0.168. The second-order valence-corrected chi connectivity index (χ2v) is 11.2. The highest BCUT2D eigenvalue weighted by Crippen LogP contribution is 2.35. The fraction of sp³-hybridized carbons (Fsp3) is 0.321. The molecule has 6 rings (SSSR count). The summed E-state index contributed by atoms with van der Waals surface area (Å²) in [5, 5.41) is 7.92. The number of fused-ring (bicyclic) bond motifs is 1. The molecule has 12 heteroatoms. The van der Waals surface area contributed by atoms with Crippen LogP contribution in [0.2, 0.25) is 4.34 Å². The number of carbonyl (C=O) groups is 1. The van der Waals surface area contributed by atoms with Crippen molar-refractivity contribution in [1.82, 2.24) is 19.2 Å². The molecule has 1 saturated heterocycles. The molecular formula is C28H28ClN5O5S. The largest absolute Gasteiger partial charge is 0.486 e. The van der Waals surface area contributed by atoms with Crippen LogP contribution in [-0.2, 0) is 17.8 Å². The average Bonchev–Trinajstić information content (AvgIpc) is 3.61. The number of ether oxygens (including phenoxy) is 3. The first-order valence-corrected chi connectivity index (χ1v) is 14.3. The maximum Gasteiger partial charge on any atom is 0.283 e. The smallest absolute Gasteiger partial charge is 0.283 e. The molecule has 0 aliphatic carbocycles. The second-order valence-electron chi connectivity index (χ2n) is 9.40. The fourth-order valence-electron chi connectivity index (χ4n) is 4.76. The molecular weight excluding hydrogens is 554 g/mol. The van der Waals surface area contributed by atoms with Gasteiger partial charge in [-0.25, -0.2) is 0 Å². The first-order chi connectivity index (χ1) is 19.6. The van der Waals surface area contributed by atoms with Crippen LogP contribution in [-0.4, -0.2) is 71.2 Å². The van der Waals surface area contributed by atoms with Crippen molar-refractivity contribution in [3.05, 3.63) is 79.9 Å². The van der Waals surface area contributed by atoms with Crippen LogP contribution in [0.5, 0.6) is 11.5 Å². The van der Waals surface area contributed by atoms with Crippen molar-refractivity contribution in [2.75, 3.05) is 51.4 Å². The Bertz CT molecular complexity index is 1580. The Labute approximate surface area is 239 Å². The molecule has 3 aromatic heterocycles. The predicted molar refractivity (Wildman–Crippen MR) is 153 cm³/mol. The van der Waals surface area contributed by atoms with Gasteiger partial charge in [0.15, 0.2) is 11.5 Å². The van der Waals surface area contributed by atoms with E-state index in [0.29, 0.717) is 78.0 Å². The Morgan fingerprint density at radius 2 is 1.88 bits per heavy atom. The molecule has 0 atom stereocenters. The molecule has 0 amide bonds. The van der Waals surface area contributed by atoms with E-state index in [1.54, 1.807) is 41.1 Å². The highest BCUT2D eigenvalue weighted by molar-refractivity contribution is 7.16. The number of hydrogen-bond acceptors (Lipinski definition) is 9. The van der Waals surface area contributed by atoms with Crippen LogP contribution in [0.4, 0.5) is 5.82 Å². The van der Waals surface area contributed by atoms with Gasteiger partial charge < -0.3 is 24.1 Å². The molecule has 0 bridgehead atoms. The molecule has 208 valence electrons. The zero-order valence-electron chi connectivity index (χ0n) is 21.7. The first-order valence-electron chi connectivity index (χ1n) is 13.1. The number of nitrogens with zero attached hydrogens (tertiary/aromatic N) is 4.